The highest BCUT2D eigenvalue weighted by molar-refractivity contribution is 5.77. The van der Waals surface area contributed by atoms with Crippen LogP contribution >= 0.6 is 0 Å². The third kappa shape index (κ3) is 5.18. The fourth-order valence-corrected chi connectivity index (χ4v) is 1.95. The van der Waals surface area contributed by atoms with Gasteiger partial charge in [0.1, 0.15) is 0 Å². The number of hydrogen-bond acceptors (Lipinski definition) is 3. The summed E-state index contributed by atoms with van der Waals surface area (Å²) in [5.74, 6) is -0.891. The van der Waals surface area contributed by atoms with Crippen LogP contribution in [-0.2, 0) is 11.2 Å². The number of carbonyl (C=O) groups excluding carboxylic acids is 1. The zero-order valence-electron chi connectivity index (χ0n) is 12.0. The molecule has 0 saturated carbocycles. The van der Waals surface area contributed by atoms with Crippen LogP contribution in [0.3, 0.4) is 0 Å². The first-order valence-corrected chi connectivity index (χ1v) is 7.01. The highest BCUT2D eigenvalue weighted by Crippen LogP contribution is 2.14. The Hall–Kier alpha value is -2.40. The lowest BCUT2D eigenvalue weighted by atomic mass is 10.1. The second-order valence-corrected chi connectivity index (χ2v) is 4.87. The van der Waals surface area contributed by atoms with Crippen LogP contribution in [0.1, 0.15) is 5.56 Å². The SMILES string of the molecule is O=C(COc1ccccc1F)NCC(O)Cc1ccccc1. The van der Waals surface area contributed by atoms with E-state index in [0.29, 0.717) is 6.42 Å². The molecule has 0 fully saturated rings. The average Bonchev–Trinajstić information content (AvgIpc) is 2.53. The van der Waals surface area contributed by atoms with Gasteiger partial charge in [0, 0.05) is 13.0 Å². The summed E-state index contributed by atoms with van der Waals surface area (Å²) in [4.78, 5) is 11.6. The van der Waals surface area contributed by atoms with E-state index < -0.39 is 17.8 Å². The Morgan fingerprint density at radius 1 is 1.14 bits per heavy atom. The normalized spacial score (nSPS) is 11.7. The minimum absolute atomic E-state index is 0.0301. The van der Waals surface area contributed by atoms with Gasteiger partial charge < -0.3 is 15.2 Å². The van der Waals surface area contributed by atoms with Crippen molar-refractivity contribution in [1.29, 1.82) is 0 Å². The maximum atomic E-state index is 13.3. The Balaban J connectivity index is 1.70. The first-order chi connectivity index (χ1) is 10.6. The van der Waals surface area contributed by atoms with E-state index in [-0.39, 0.29) is 18.9 Å². The fourth-order valence-electron chi connectivity index (χ4n) is 1.95. The quantitative estimate of drug-likeness (QED) is 0.821. The Kier molecular flexibility index (Phi) is 5.91. The minimum atomic E-state index is -0.681. The number of nitrogens with one attached hydrogen (secondary N) is 1. The van der Waals surface area contributed by atoms with Crippen molar-refractivity contribution in [1.82, 2.24) is 5.32 Å². The lowest BCUT2D eigenvalue weighted by Crippen LogP contribution is -2.36. The van der Waals surface area contributed by atoms with E-state index in [2.05, 4.69) is 5.32 Å². The van der Waals surface area contributed by atoms with Crippen LogP contribution in [0.25, 0.3) is 0 Å². The number of benzene rings is 2. The highest BCUT2D eigenvalue weighted by Gasteiger charge is 2.09. The summed E-state index contributed by atoms with van der Waals surface area (Å²) in [7, 11) is 0. The van der Waals surface area contributed by atoms with Gasteiger partial charge in [-0.2, -0.15) is 0 Å². The van der Waals surface area contributed by atoms with E-state index in [4.69, 9.17) is 4.74 Å². The molecule has 2 aromatic carbocycles. The molecule has 1 atom stereocenters. The van der Waals surface area contributed by atoms with E-state index >= 15 is 0 Å². The molecular weight excluding hydrogens is 285 g/mol. The Morgan fingerprint density at radius 2 is 1.82 bits per heavy atom. The van der Waals surface area contributed by atoms with E-state index in [0.717, 1.165) is 5.56 Å². The zero-order chi connectivity index (χ0) is 15.8. The molecule has 0 heterocycles. The molecule has 0 aliphatic heterocycles. The molecular formula is C17H18FNO3. The lowest BCUT2D eigenvalue weighted by molar-refractivity contribution is -0.123. The monoisotopic (exact) mass is 303 g/mol. The molecule has 0 saturated heterocycles. The molecule has 0 aliphatic rings. The minimum Gasteiger partial charge on any atom is -0.481 e. The summed E-state index contributed by atoms with van der Waals surface area (Å²) < 4.78 is 18.4. The van der Waals surface area contributed by atoms with Gasteiger partial charge in [0.25, 0.3) is 5.91 Å². The van der Waals surface area contributed by atoms with Crippen LogP contribution in [0, 0.1) is 5.82 Å². The van der Waals surface area contributed by atoms with Crippen LogP contribution in [0.4, 0.5) is 4.39 Å². The number of aliphatic hydroxyl groups is 1. The predicted molar refractivity (Wildman–Crippen MR) is 81.1 cm³/mol. The Morgan fingerprint density at radius 3 is 2.55 bits per heavy atom. The number of amides is 1. The third-order valence-electron chi connectivity index (χ3n) is 3.04. The zero-order valence-corrected chi connectivity index (χ0v) is 12.0. The third-order valence-corrected chi connectivity index (χ3v) is 3.04. The molecule has 5 heteroatoms. The topological polar surface area (TPSA) is 58.6 Å². The fraction of sp³-hybridized carbons (Fsp3) is 0.235. The molecule has 2 rings (SSSR count). The van der Waals surface area contributed by atoms with Crippen LogP contribution < -0.4 is 10.1 Å². The van der Waals surface area contributed by atoms with Crippen LogP contribution in [0.2, 0.25) is 0 Å². The first-order valence-electron chi connectivity index (χ1n) is 7.01. The van der Waals surface area contributed by atoms with Gasteiger partial charge >= 0.3 is 0 Å². The van der Waals surface area contributed by atoms with Gasteiger partial charge in [0.15, 0.2) is 18.2 Å². The number of halogens is 1. The van der Waals surface area contributed by atoms with Gasteiger partial charge in [-0.15, -0.1) is 0 Å². The second-order valence-electron chi connectivity index (χ2n) is 4.87. The van der Waals surface area contributed by atoms with Gasteiger partial charge in [-0.25, -0.2) is 4.39 Å². The summed E-state index contributed by atoms with van der Waals surface area (Å²) in [5.41, 5.74) is 0.992. The predicted octanol–water partition coefficient (Wildman–Crippen LogP) is 1.92. The van der Waals surface area contributed by atoms with Gasteiger partial charge in [-0.05, 0) is 17.7 Å². The van der Waals surface area contributed by atoms with Crippen LogP contribution in [0.15, 0.2) is 54.6 Å². The Labute approximate surface area is 128 Å². The summed E-state index contributed by atoms with van der Waals surface area (Å²) in [6.45, 7) is -0.173. The van der Waals surface area contributed by atoms with Crippen molar-refractivity contribution >= 4 is 5.91 Å². The van der Waals surface area contributed by atoms with Gasteiger partial charge in [-0.1, -0.05) is 42.5 Å². The van der Waals surface area contributed by atoms with Crippen molar-refractivity contribution < 1.29 is 19.0 Å². The van der Waals surface area contributed by atoms with Crippen molar-refractivity contribution in [2.45, 2.75) is 12.5 Å². The van der Waals surface area contributed by atoms with Crippen molar-refractivity contribution in [2.75, 3.05) is 13.2 Å². The maximum absolute atomic E-state index is 13.3. The van der Waals surface area contributed by atoms with Crippen molar-refractivity contribution in [3.8, 4) is 5.75 Å². The lowest BCUT2D eigenvalue weighted by Gasteiger charge is -2.12. The molecule has 2 aromatic rings. The molecule has 0 radical (unpaired) electrons. The first kappa shape index (κ1) is 16.0. The number of para-hydroxylation sites is 1. The molecule has 0 spiro atoms. The molecule has 1 unspecified atom stereocenters. The van der Waals surface area contributed by atoms with E-state index in [9.17, 15) is 14.3 Å². The molecule has 116 valence electrons. The molecule has 0 aromatic heterocycles. The molecule has 0 aliphatic carbocycles. The Bertz CT molecular complexity index is 604. The average molecular weight is 303 g/mol. The molecule has 2 N–H and O–H groups in total. The number of rotatable bonds is 7. The maximum Gasteiger partial charge on any atom is 0.258 e. The smallest absolute Gasteiger partial charge is 0.258 e. The molecule has 0 bridgehead atoms. The summed E-state index contributed by atoms with van der Waals surface area (Å²) in [6, 6.07) is 15.4. The standard InChI is InChI=1S/C17H18FNO3/c18-15-8-4-5-9-16(15)22-12-17(21)19-11-14(20)10-13-6-2-1-3-7-13/h1-9,14,20H,10-12H2,(H,19,21). The molecule has 1 amide bonds. The summed E-state index contributed by atoms with van der Waals surface area (Å²) >= 11 is 0. The van der Waals surface area contributed by atoms with Crippen molar-refractivity contribution in [2.24, 2.45) is 0 Å². The van der Waals surface area contributed by atoms with Gasteiger partial charge in [-0.3, -0.25) is 4.79 Å². The number of carbonyl (C=O) groups is 1. The van der Waals surface area contributed by atoms with Crippen molar-refractivity contribution in [3.05, 3.63) is 66.0 Å². The summed E-state index contributed by atoms with van der Waals surface area (Å²) in [5, 5.41) is 12.4. The molecule has 22 heavy (non-hydrogen) atoms. The number of aliphatic hydroxyl groups excluding tert-OH is 1. The summed E-state index contributed by atoms with van der Waals surface area (Å²) in [6.07, 6.45) is -0.227. The van der Waals surface area contributed by atoms with E-state index in [1.165, 1.54) is 12.1 Å². The van der Waals surface area contributed by atoms with E-state index in [1.54, 1.807) is 12.1 Å². The van der Waals surface area contributed by atoms with Crippen LogP contribution in [-0.4, -0.2) is 30.3 Å². The number of hydrogen-bond donors (Lipinski definition) is 2. The van der Waals surface area contributed by atoms with Crippen molar-refractivity contribution in [3.63, 3.8) is 0 Å². The largest absolute Gasteiger partial charge is 0.481 e. The van der Waals surface area contributed by atoms with E-state index in [1.807, 2.05) is 30.3 Å². The second kappa shape index (κ2) is 8.14. The van der Waals surface area contributed by atoms with Gasteiger partial charge in [0.05, 0.1) is 6.10 Å². The highest BCUT2D eigenvalue weighted by atomic mass is 19.1. The van der Waals surface area contributed by atoms with Gasteiger partial charge in [0.2, 0.25) is 0 Å². The van der Waals surface area contributed by atoms with Crippen LogP contribution in [0.5, 0.6) is 5.75 Å². The number of ether oxygens (including phenoxy) is 1. The molecule has 4 nitrogen and oxygen atoms in total.